The fourth-order valence-corrected chi connectivity index (χ4v) is 4.32. The molecular formula is C22H22N2O5S. The number of piperazine rings is 1. The second kappa shape index (κ2) is 8.71. The zero-order valence-corrected chi connectivity index (χ0v) is 17.4. The summed E-state index contributed by atoms with van der Waals surface area (Å²) in [6.07, 6.45) is 1.47. The molecule has 1 aromatic carbocycles. The lowest BCUT2D eigenvalue weighted by Crippen LogP contribution is -2.50. The third kappa shape index (κ3) is 4.38. The maximum Gasteiger partial charge on any atom is 0.289 e. The fourth-order valence-electron chi connectivity index (χ4n) is 3.30. The van der Waals surface area contributed by atoms with Crippen molar-refractivity contribution in [2.45, 2.75) is 17.6 Å². The molecule has 1 aliphatic rings. The number of furan rings is 2. The third-order valence-electron chi connectivity index (χ3n) is 5.02. The van der Waals surface area contributed by atoms with Crippen LogP contribution in [0.4, 0.5) is 0 Å². The summed E-state index contributed by atoms with van der Waals surface area (Å²) >= 11 is 0. The van der Waals surface area contributed by atoms with Gasteiger partial charge < -0.3 is 18.6 Å². The molecule has 3 heterocycles. The molecule has 2 aromatic heterocycles. The van der Waals surface area contributed by atoms with Gasteiger partial charge in [-0.05, 0) is 43.3 Å². The molecule has 4 rings (SSSR count). The maximum absolute atomic E-state index is 12.7. The van der Waals surface area contributed by atoms with Crippen LogP contribution in [0, 0.1) is 6.92 Å². The number of aryl methyl sites for hydroxylation is 1. The van der Waals surface area contributed by atoms with E-state index < -0.39 is 10.8 Å². The molecule has 1 fully saturated rings. The Morgan fingerprint density at radius 3 is 2.13 bits per heavy atom. The first-order valence-electron chi connectivity index (χ1n) is 9.67. The number of carbonyl (C=O) groups is 2. The molecule has 0 radical (unpaired) electrons. The Hall–Kier alpha value is -3.13. The Kier molecular flexibility index (Phi) is 5.85. The zero-order valence-electron chi connectivity index (χ0n) is 16.6. The van der Waals surface area contributed by atoms with Crippen LogP contribution in [0.3, 0.4) is 0 Å². The van der Waals surface area contributed by atoms with Gasteiger partial charge in [-0.2, -0.15) is 0 Å². The Bertz CT molecular complexity index is 1050. The Balaban J connectivity index is 1.33. The summed E-state index contributed by atoms with van der Waals surface area (Å²) in [6, 6.07) is 14.1. The standard InChI is InChI=1S/C22H22N2O5S/c1-16-4-7-18(8-5-16)30(27)15-17-6-9-20(29-17)22(26)24-12-10-23(11-13-24)21(25)19-3-2-14-28-19/h2-9,14H,10-13,15H2,1H3/t30-/m0/s1. The summed E-state index contributed by atoms with van der Waals surface area (Å²) in [4.78, 5) is 29.1. The molecule has 0 N–H and O–H groups in total. The van der Waals surface area contributed by atoms with E-state index in [0.29, 0.717) is 37.7 Å². The number of nitrogens with zero attached hydrogens (tertiary/aromatic N) is 2. The molecule has 2 amide bonds. The van der Waals surface area contributed by atoms with Crippen molar-refractivity contribution >= 4 is 22.6 Å². The van der Waals surface area contributed by atoms with E-state index in [0.717, 1.165) is 10.5 Å². The average molecular weight is 426 g/mol. The molecule has 0 saturated carbocycles. The van der Waals surface area contributed by atoms with Gasteiger partial charge in [0, 0.05) is 31.1 Å². The van der Waals surface area contributed by atoms with Crippen LogP contribution in [-0.2, 0) is 16.6 Å². The number of rotatable bonds is 5. The van der Waals surface area contributed by atoms with Gasteiger partial charge in [0.2, 0.25) is 0 Å². The maximum atomic E-state index is 12.7. The molecule has 7 nitrogen and oxygen atoms in total. The summed E-state index contributed by atoms with van der Waals surface area (Å²) in [5.74, 6) is 0.827. The molecule has 0 aliphatic carbocycles. The molecule has 3 aromatic rings. The van der Waals surface area contributed by atoms with Crippen molar-refractivity contribution in [3.63, 3.8) is 0 Å². The normalized spacial score (nSPS) is 15.2. The summed E-state index contributed by atoms with van der Waals surface area (Å²) in [5, 5.41) is 0. The van der Waals surface area contributed by atoms with E-state index >= 15 is 0 Å². The Morgan fingerprint density at radius 2 is 1.53 bits per heavy atom. The van der Waals surface area contributed by atoms with Gasteiger partial charge in [-0.1, -0.05) is 17.7 Å². The Labute approximate surface area is 176 Å². The third-order valence-corrected chi connectivity index (χ3v) is 6.36. The molecule has 30 heavy (non-hydrogen) atoms. The van der Waals surface area contributed by atoms with Gasteiger partial charge in [0.25, 0.3) is 11.8 Å². The molecule has 1 saturated heterocycles. The minimum absolute atomic E-state index is 0.175. The number of benzene rings is 1. The zero-order chi connectivity index (χ0) is 21.1. The van der Waals surface area contributed by atoms with Gasteiger partial charge in [0.1, 0.15) is 5.76 Å². The lowest BCUT2D eigenvalue weighted by atomic mass is 10.2. The molecule has 156 valence electrons. The van der Waals surface area contributed by atoms with Crippen LogP contribution < -0.4 is 0 Å². The number of hydrogen-bond donors (Lipinski definition) is 0. The first kappa shape index (κ1) is 20.2. The lowest BCUT2D eigenvalue weighted by molar-refractivity contribution is 0.0501. The molecular weight excluding hydrogens is 404 g/mol. The van der Waals surface area contributed by atoms with Crippen molar-refractivity contribution in [3.05, 3.63) is 77.6 Å². The van der Waals surface area contributed by atoms with E-state index in [9.17, 15) is 13.8 Å². The lowest BCUT2D eigenvalue weighted by Gasteiger charge is -2.33. The van der Waals surface area contributed by atoms with Crippen molar-refractivity contribution in [2.75, 3.05) is 26.2 Å². The molecule has 8 heteroatoms. The summed E-state index contributed by atoms with van der Waals surface area (Å²) < 4.78 is 23.3. The van der Waals surface area contributed by atoms with Gasteiger partial charge in [0.05, 0.1) is 22.8 Å². The van der Waals surface area contributed by atoms with E-state index in [1.54, 1.807) is 34.1 Å². The molecule has 0 bridgehead atoms. The first-order valence-corrected chi connectivity index (χ1v) is 11.0. The van der Waals surface area contributed by atoms with Crippen molar-refractivity contribution in [1.82, 2.24) is 9.80 Å². The van der Waals surface area contributed by atoms with Gasteiger partial charge >= 0.3 is 0 Å². The minimum Gasteiger partial charge on any atom is -0.459 e. The van der Waals surface area contributed by atoms with E-state index in [-0.39, 0.29) is 23.3 Å². The van der Waals surface area contributed by atoms with Gasteiger partial charge in [-0.25, -0.2) is 0 Å². The molecule has 0 spiro atoms. The number of carbonyl (C=O) groups excluding carboxylic acids is 2. The minimum atomic E-state index is -1.24. The van der Waals surface area contributed by atoms with Crippen LogP contribution in [0.15, 0.2) is 68.5 Å². The van der Waals surface area contributed by atoms with E-state index in [4.69, 9.17) is 8.83 Å². The van der Waals surface area contributed by atoms with E-state index in [1.807, 2.05) is 31.2 Å². The predicted octanol–water partition coefficient (Wildman–Crippen LogP) is 3.09. The second-order valence-electron chi connectivity index (χ2n) is 7.13. The van der Waals surface area contributed by atoms with Gasteiger partial charge in [0.15, 0.2) is 11.5 Å². The SMILES string of the molecule is Cc1ccc([S@@](=O)Cc2ccc(C(=O)N3CCN(C(=O)c4ccco4)CC3)o2)cc1. The van der Waals surface area contributed by atoms with Crippen molar-refractivity contribution in [1.29, 1.82) is 0 Å². The largest absolute Gasteiger partial charge is 0.459 e. The number of hydrogen-bond acceptors (Lipinski definition) is 5. The predicted molar refractivity (Wildman–Crippen MR) is 111 cm³/mol. The highest BCUT2D eigenvalue weighted by Crippen LogP contribution is 2.18. The fraction of sp³-hybridized carbons (Fsp3) is 0.273. The highest BCUT2D eigenvalue weighted by Gasteiger charge is 2.28. The van der Waals surface area contributed by atoms with Crippen LogP contribution in [0.1, 0.15) is 32.4 Å². The van der Waals surface area contributed by atoms with Crippen molar-refractivity contribution in [2.24, 2.45) is 0 Å². The van der Waals surface area contributed by atoms with Crippen molar-refractivity contribution < 1.29 is 22.6 Å². The van der Waals surface area contributed by atoms with Crippen LogP contribution in [0.5, 0.6) is 0 Å². The monoisotopic (exact) mass is 426 g/mol. The summed E-state index contributed by atoms with van der Waals surface area (Å²) in [7, 11) is -1.24. The van der Waals surface area contributed by atoms with Crippen LogP contribution >= 0.6 is 0 Å². The topological polar surface area (TPSA) is 84.0 Å². The molecule has 1 atom stereocenters. The average Bonchev–Trinajstić information content (AvgIpc) is 3.46. The van der Waals surface area contributed by atoms with Crippen LogP contribution in [-0.4, -0.2) is 52.0 Å². The number of amides is 2. The highest BCUT2D eigenvalue weighted by atomic mass is 32.2. The Morgan fingerprint density at radius 1 is 0.900 bits per heavy atom. The smallest absolute Gasteiger partial charge is 0.289 e. The molecule has 1 aliphatic heterocycles. The van der Waals surface area contributed by atoms with Crippen LogP contribution in [0.25, 0.3) is 0 Å². The second-order valence-corrected chi connectivity index (χ2v) is 8.58. The van der Waals surface area contributed by atoms with Crippen LogP contribution in [0.2, 0.25) is 0 Å². The molecule has 0 unspecified atom stereocenters. The summed E-state index contributed by atoms with van der Waals surface area (Å²) in [5.41, 5.74) is 1.10. The van der Waals surface area contributed by atoms with E-state index in [2.05, 4.69) is 0 Å². The highest BCUT2D eigenvalue weighted by molar-refractivity contribution is 7.84. The first-order chi connectivity index (χ1) is 14.5. The van der Waals surface area contributed by atoms with Gasteiger partial charge in [-0.3, -0.25) is 13.8 Å². The summed E-state index contributed by atoms with van der Waals surface area (Å²) in [6.45, 7) is 3.66. The van der Waals surface area contributed by atoms with Gasteiger partial charge in [-0.15, -0.1) is 0 Å². The quantitative estimate of drug-likeness (QED) is 0.626. The van der Waals surface area contributed by atoms with E-state index in [1.165, 1.54) is 6.26 Å². The van der Waals surface area contributed by atoms with Crippen molar-refractivity contribution in [3.8, 4) is 0 Å².